The van der Waals surface area contributed by atoms with E-state index in [-0.39, 0.29) is 24.4 Å². The zero-order valence-corrected chi connectivity index (χ0v) is 20.9. The van der Waals surface area contributed by atoms with Gasteiger partial charge in [0.25, 0.3) is 5.91 Å². The quantitative estimate of drug-likeness (QED) is 0.490. The minimum Gasteiger partial charge on any atom is -0.352 e. The zero-order chi connectivity index (χ0) is 24.8. The van der Waals surface area contributed by atoms with E-state index in [1.165, 1.54) is 0 Å². The molecule has 0 aliphatic carbocycles. The van der Waals surface area contributed by atoms with Crippen LogP contribution in [0.5, 0.6) is 0 Å². The first-order chi connectivity index (χ1) is 17.0. The molecule has 3 aromatic rings. The Bertz CT molecular complexity index is 1150. The van der Waals surface area contributed by atoms with Crippen molar-refractivity contribution in [1.29, 1.82) is 0 Å². The van der Waals surface area contributed by atoms with E-state index in [9.17, 15) is 9.59 Å². The SMILES string of the molecule is CCC(C)N(CC(=O)N1CCN(c2ccc(-c3ccccc3)nn2)CC1)C(=O)c1ccccc1Cl. The number of piperazine rings is 1. The van der Waals surface area contributed by atoms with Gasteiger partial charge in [-0.15, -0.1) is 10.2 Å². The summed E-state index contributed by atoms with van der Waals surface area (Å²) in [4.78, 5) is 31.9. The average molecular weight is 492 g/mol. The molecule has 1 aromatic heterocycles. The fraction of sp³-hybridized carbons (Fsp3) is 0.333. The average Bonchev–Trinajstić information content (AvgIpc) is 2.92. The Balaban J connectivity index is 1.37. The van der Waals surface area contributed by atoms with E-state index >= 15 is 0 Å². The molecule has 8 heteroatoms. The summed E-state index contributed by atoms with van der Waals surface area (Å²) in [6, 6.07) is 20.8. The first-order valence-corrected chi connectivity index (χ1v) is 12.3. The first-order valence-electron chi connectivity index (χ1n) is 11.9. The summed E-state index contributed by atoms with van der Waals surface area (Å²) < 4.78 is 0. The highest BCUT2D eigenvalue weighted by Gasteiger charge is 2.28. The van der Waals surface area contributed by atoms with Crippen molar-refractivity contribution < 1.29 is 9.59 Å². The van der Waals surface area contributed by atoms with Crippen LogP contribution in [-0.4, -0.2) is 70.6 Å². The number of carbonyl (C=O) groups excluding carboxylic acids is 2. The second-order valence-corrected chi connectivity index (χ2v) is 9.09. The molecular formula is C27H30ClN5O2. The summed E-state index contributed by atoms with van der Waals surface area (Å²) in [5.41, 5.74) is 2.28. The Morgan fingerprint density at radius 3 is 2.26 bits per heavy atom. The number of carbonyl (C=O) groups is 2. The van der Waals surface area contributed by atoms with E-state index in [1.807, 2.05) is 61.2 Å². The van der Waals surface area contributed by atoms with Gasteiger partial charge in [0, 0.05) is 37.8 Å². The van der Waals surface area contributed by atoms with Crippen molar-refractivity contribution >= 4 is 29.2 Å². The van der Waals surface area contributed by atoms with Crippen molar-refractivity contribution in [3.05, 3.63) is 77.3 Å². The molecular weight excluding hydrogens is 462 g/mol. The maximum Gasteiger partial charge on any atom is 0.256 e. The van der Waals surface area contributed by atoms with Gasteiger partial charge < -0.3 is 14.7 Å². The van der Waals surface area contributed by atoms with Crippen LogP contribution in [0.25, 0.3) is 11.3 Å². The number of hydrogen-bond acceptors (Lipinski definition) is 5. The minimum absolute atomic E-state index is 0.0324. The number of halogens is 1. The summed E-state index contributed by atoms with van der Waals surface area (Å²) in [5, 5.41) is 9.17. The molecule has 7 nitrogen and oxygen atoms in total. The third-order valence-electron chi connectivity index (χ3n) is 6.47. The fourth-order valence-corrected chi connectivity index (χ4v) is 4.34. The van der Waals surface area contributed by atoms with Crippen LogP contribution in [0.15, 0.2) is 66.7 Å². The Labute approximate surface area is 211 Å². The Morgan fingerprint density at radius 2 is 1.63 bits per heavy atom. The molecule has 182 valence electrons. The lowest BCUT2D eigenvalue weighted by molar-refractivity contribution is -0.132. The van der Waals surface area contributed by atoms with Gasteiger partial charge >= 0.3 is 0 Å². The Morgan fingerprint density at radius 1 is 0.943 bits per heavy atom. The van der Waals surface area contributed by atoms with E-state index in [0.29, 0.717) is 36.8 Å². The number of benzene rings is 2. The van der Waals surface area contributed by atoms with Crippen molar-refractivity contribution in [1.82, 2.24) is 20.0 Å². The lowest BCUT2D eigenvalue weighted by Gasteiger charge is -2.37. The molecule has 0 saturated carbocycles. The number of nitrogens with zero attached hydrogens (tertiary/aromatic N) is 5. The topological polar surface area (TPSA) is 69.6 Å². The number of aromatic nitrogens is 2. The van der Waals surface area contributed by atoms with Crippen molar-refractivity contribution in [3.8, 4) is 11.3 Å². The first kappa shape index (κ1) is 24.7. The van der Waals surface area contributed by atoms with Gasteiger partial charge in [-0.25, -0.2) is 0 Å². The van der Waals surface area contributed by atoms with Gasteiger partial charge in [0.2, 0.25) is 5.91 Å². The van der Waals surface area contributed by atoms with E-state index in [0.717, 1.165) is 23.5 Å². The molecule has 1 saturated heterocycles. The standard InChI is InChI=1S/C27H30ClN5O2/c1-3-20(2)33(27(35)22-11-7-8-12-23(22)28)19-26(34)32-17-15-31(16-18-32)25-14-13-24(29-30-25)21-9-5-4-6-10-21/h4-14,20H,3,15-19H2,1-2H3. The van der Waals surface area contributed by atoms with E-state index < -0.39 is 0 Å². The van der Waals surface area contributed by atoms with Gasteiger partial charge in [-0.3, -0.25) is 9.59 Å². The predicted molar refractivity (Wildman–Crippen MR) is 139 cm³/mol. The molecule has 4 rings (SSSR count). The van der Waals surface area contributed by atoms with E-state index in [4.69, 9.17) is 11.6 Å². The molecule has 0 N–H and O–H groups in total. The van der Waals surface area contributed by atoms with Crippen LogP contribution >= 0.6 is 11.6 Å². The third-order valence-corrected chi connectivity index (χ3v) is 6.80. The van der Waals surface area contributed by atoms with Crippen molar-refractivity contribution in [2.45, 2.75) is 26.3 Å². The summed E-state index contributed by atoms with van der Waals surface area (Å²) in [6.45, 7) is 6.44. The maximum atomic E-state index is 13.2. The second-order valence-electron chi connectivity index (χ2n) is 8.68. The highest BCUT2D eigenvalue weighted by Crippen LogP contribution is 2.21. The lowest BCUT2D eigenvalue weighted by Crippen LogP contribution is -2.53. The summed E-state index contributed by atoms with van der Waals surface area (Å²) in [7, 11) is 0. The lowest BCUT2D eigenvalue weighted by atomic mass is 10.1. The summed E-state index contributed by atoms with van der Waals surface area (Å²) in [5.74, 6) is 0.522. The molecule has 0 radical (unpaired) electrons. The van der Waals surface area contributed by atoms with Crippen LogP contribution in [-0.2, 0) is 4.79 Å². The van der Waals surface area contributed by atoms with Crippen LogP contribution in [0.1, 0.15) is 30.6 Å². The predicted octanol–water partition coefficient (Wildman–Crippen LogP) is 4.39. The van der Waals surface area contributed by atoms with Crippen molar-refractivity contribution in [3.63, 3.8) is 0 Å². The zero-order valence-electron chi connectivity index (χ0n) is 20.1. The number of hydrogen-bond donors (Lipinski definition) is 0. The number of anilines is 1. The van der Waals surface area contributed by atoms with Gasteiger partial charge in [-0.2, -0.15) is 0 Å². The normalized spacial score (nSPS) is 14.5. The minimum atomic E-state index is -0.217. The van der Waals surface area contributed by atoms with Gasteiger partial charge in [-0.05, 0) is 37.6 Å². The Kier molecular flexibility index (Phi) is 7.98. The van der Waals surface area contributed by atoms with E-state index in [2.05, 4.69) is 15.1 Å². The molecule has 1 unspecified atom stereocenters. The molecule has 2 aromatic carbocycles. The largest absolute Gasteiger partial charge is 0.352 e. The van der Waals surface area contributed by atoms with Gasteiger partial charge in [0.05, 0.1) is 16.3 Å². The van der Waals surface area contributed by atoms with Crippen molar-refractivity contribution in [2.24, 2.45) is 0 Å². The highest BCUT2D eigenvalue weighted by molar-refractivity contribution is 6.33. The molecule has 2 heterocycles. The fourth-order valence-electron chi connectivity index (χ4n) is 4.12. The molecule has 1 aliphatic rings. The number of amides is 2. The van der Waals surface area contributed by atoms with Crippen LogP contribution in [0.3, 0.4) is 0 Å². The van der Waals surface area contributed by atoms with Crippen LogP contribution in [0.4, 0.5) is 5.82 Å². The third kappa shape index (κ3) is 5.80. The molecule has 0 spiro atoms. The molecule has 2 amide bonds. The Hall–Kier alpha value is -3.45. The summed E-state index contributed by atoms with van der Waals surface area (Å²) in [6.07, 6.45) is 0.745. The van der Waals surface area contributed by atoms with Gasteiger partial charge in [-0.1, -0.05) is 61.0 Å². The van der Waals surface area contributed by atoms with Crippen molar-refractivity contribution in [2.75, 3.05) is 37.6 Å². The second kappa shape index (κ2) is 11.3. The highest BCUT2D eigenvalue weighted by atomic mass is 35.5. The van der Waals surface area contributed by atoms with Gasteiger partial charge in [0.1, 0.15) is 6.54 Å². The molecule has 1 fully saturated rings. The molecule has 35 heavy (non-hydrogen) atoms. The maximum absolute atomic E-state index is 13.2. The van der Waals surface area contributed by atoms with Crippen LogP contribution < -0.4 is 4.90 Å². The molecule has 1 aliphatic heterocycles. The van der Waals surface area contributed by atoms with Crippen LogP contribution in [0, 0.1) is 0 Å². The molecule has 0 bridgehead atoms. The number of rotatable bonds is 7. The summed E-state index contributed by atoms with van der Waals surface area (Å²) >= 11 is 6.26. The smallest absolute Gasteiger partial charge is 0.256 e. The monoisotopic (exact) mass is 491 g/mol. The molecule has 1 atom stereocenters. The van der Waals surface area contributed by atoms with Crippen LogP contribution in [0.2, 0.25) is 5.02 Å². The van der Waals surface area contributed by atoms with Gasteiger partial charge in [0.15, 0.2) is 5.82 Å². The van der Waals surface area contributed by atoms with E-state index in [1.54, 1.807) is 29.2 Å².